The third kappa shape index (κ3) is 3.46. The monoisotopic (exact) mass is 219 g/mol. The molecule has 82 valence electrons. The van der Waals surface area contributed by atoms with Crippen molar-refractivity contribution in [1.82, 2.24) is 4.90 Å². The molecule has 3 nitrogen and oxygen atoms in total. The van der Waals surface area contributed by atoms with Crippen molar-refractivity contribution in [2.45, 2.75) is 19.3 Å². The van der Waals surface area contributed by atoms with E-state index in [1.165, 1.54) is 6.42 Å². The summed E-state index contributed by atoms with van der Waals surface area (Å²) in [5.74, 6) is 0.765. The number of methoxy groups -OCH3 is 1. The molecule has 1 aliphatic heterocycles. The first kappa shape index (κ1) is 11.8. The summed E-state index contributed by atoms with van der Waals surface area (Å²) in [5.41, 5.74) is 0. The van der Waals surface area contributed by atoms with Gasteiger partial charge in [0.05, 0.1) is 0 Å². The summed E-state index contributed by atoms with van der Waals surface area (Å²) >= 11 is 5.52. The van der Waals surface area contributed by atoms with Crippen molar-refractivity contribution in [2.75, 3.05) is 32.7 Å². The zero-order valence-electron chi connectivity index (χ0n) is 8.67. The minimum absolute atomic E-state index is 0.0637. The van der Waals surface area contributed by atoms with Crippen molar-refractivity contribution in [1.29, 1.82) is 0 Å². The standard InChI is InChI=1S/C10H18ClNO2/c1-14-6-4-9-3-2-5-12(8-9)10(13)7-11/h9H,2-8H2,1H3. The lowest BCUT2D eigenvalue weighted by molar-refractivity contribution is -0.130. The first-order valence-corrected chi connectivity index (χ1v) is 5.64. The number of hydrogen-bond acceptors (Lipinski definition) is 2. The smallest absolute Gasteiger partial charge is 0.237 e. The van der Waals surface area contributed by atoms with Crippen LogP contribution in [0.3, 0.4) is 0 Å². The molecule has 0 spiro atoms. The number of halogens is 1. The molecular weight excluding hydrogens is 202 g/mol. The summed E-state index contributed by atoms with van der Waals surface area (Å²) in [6.45, 7) is 2.51. The van der Waals surface area contributed by atoms with Crippen molar-refractivity contribution in [2.24, 2.45) is 5.92 Å². The number of amides is 1. The highest BCUT2D eigenvalue weighted by Gasteiger charge is 2.22. The highest BCUT2D eigenvalue weighted by atomic mass is 35.5. The fraction of sp³-hybridized carbons (Fsp3) is 0.900. The van der Waals surface area contributed by atoms with E-state index in [1.54, 1.807) is 7.11 Å². The van der Waals surface area contributed by atoms with E-state index < -0.39 is 0 Å². The highest BCUT2D eigenvalue weighted by molar-refractivity contribution is 6.27. The third-order valence-corrected chi connectivity index (χ3v) is 2.94. The van der Waals surface area contributed by atoms with Crippen LogP contribution in [0.1, 0.15) is 19.3 Å². The summed E-state index contributed by atoms with van der Waals surface area (Å²) in [5, 5.41) is 0. The molecule has 0 aromatic rings. The van der Waals surface area contributed by atoms with Crippen LogP contribution >= 0.6 is 11.6 Å². The van der Waals surface area contributed by atoms with E-state index in [0.717, 1.165) is 32.5 Å². The lowest BCUT2D eigenvalue weighted by Crippen LogP contribution is -2.40. The molecule has 1 unspecified atom stereocenters. The van der Waals surface area contributed by atoms with Crippen LogP contribution in [0.15, 0.2) is 0 Å². The summed E-state index contributed by atoms with van der Waals surface area (Å²) in [4.78, 5) is 13.2. The number of likely N-dealkylation sites (tertiary alicyclic amines) is 1. The van der Waals surface area contributed by atoms with Gasteiger partial charge in [-0.3, -0.25) is 4.79 Å². The Hall–Kier alpha value is -0.280. The molecule has 1 amide bonds. The number of carbonyl (C=O) groups excluding carboxylic acids is 1. The Morgan fingerprint density at radius 2 is 2.43 bits per heavy atom. The zero-order chi connectivity index (χ0) is 10.4. The van der Waals surface area contributed by atoms with Crippen molar-refractivity contribution >= 4 is 17.5 Å². The minimum Gasteiger partial charge on any atom is -0.385 e. The van der Waals surface area contributed by atoms with Crippen molar-refractivity contribution in [3.8, 4) is 0 Å². The molecule has 0 radical (unpaired) electrons. The van der Waals surface area contributed by atoms with Gasteiger partial charge in [0.25, 0.3) is 0 Å². The Morgan fingerprint density at radius 3 is 3.07 bits per heavy atom. The van der Waals surface area contributed by atoms with Gasteiger partial charge in [0.1, 0.15) is 5.88 Å². The molecule has 1 saturated heterocycles. The van der Waals surface area contributed by atoms with Crippen LogP contribution in [0.25, 0.3) is 0 Å². The molecule has 14 heavy (non-hydrogen) atoms. The fourth-order valence-corrected chi connectivity index (χ4v) is 2.07. The Labute approximate surface area is 90.4 Å². The van der Waals surface area contributed by atoms with E-state index in [0.29, 0.717) is 5.92 Å². The van der Waals surface area contributed by atoms with Gasteiger partial charge in [0.15, 0.2) is 0 Å². The molecular formula is C10H18ClNO2. The zero-order valence-corrected chi connectivity index (χ0v) is 9.42. The molecule has 0 aromatic carbocycles. The second-order valence-corrected chi connectivity index (χ2v) is 4.03. The normalized spacial score (nSPS) is 22.4. The molecule has 1 atom stereocenters. The molecule has 0 bridgehead atoms. The van der Waals surface area contributed by atoms with Gasteiger partial charge >= 0.3 is 0 Å². The molecule has 0 N–H and O–H groups in total. The van der Waals surface area contributed by atoms with Crippen molar-refractivity contribution < 1.29 is 9.53 Å². The summed E-state index contributed by atoms with van der Waals surface area (Å²) in [6, 6.07) is 0. The number of hydrogen-bond donors (Lipinski definition) is 0. The van der Waals surface area contributed by atoms with Gasteiger partial charge in [-0.2, -0.15) is 0 Å². The number of rotatable bonds is 4. The second-order valence-electron chi connectivity index (χ2n) is 3.76. The maximum atomic E-state index is 11.3. The number of nitrogens with zero attached hydrogens (tertiary/aromatic N) is 1. The Bertz CT molecular complexity index is 187. The third-order valence-electron chi connectivity index (χ3n) is 2.72. The van der Waals surface area contributed by atoms with Crippen LogP contribution < -0.4 is 0 Å². The van der Waals surface area contributed by atoms with E-state index in [2.05, 4.69) is 0 Å². The van der Waals surface area contributed by atoms with Crippen LogP contribution in [0.2, 0.25) is 0 Å². The van der Waals surface area contributed by atoms with E-state index >= 15 is 0 Å². The predicted octanol–water partition coefficient (Wildman–Crippen LogP) is 1.50. The quantitative estimate of drug-likeness (QED) is 0.671. The molecule has 0 saturated carbocycles. The lowest BCUT2D eigenvalue weighted by atomic mass is 9.95. The van der Waals surface area contributed by atoms with Crippen LogP contribution in [-0.2, 0) is 9.53 Å². The van der Waals surface area contributed by atoms with Crippen LogP contribution in [0.5, 0.6) is 0 Å². The number of carbonyl (C=O) groups is 1. The van der Waals surface area contributed by atoms with Gasteiger partial charge in [-0.05, 0) is 25.2 Å². The maximum absolute atomic E-state index is 11.3. The largest absolute Gasteiger partial charge is 0.385 e. The molecule has 4 heteroatoms. The van der Waals surface area contributed by atoms with E-state index in [9.17, 15) is 4.79 Å². The fourth-order valence-electron chi connectivity index (χ4n) is 1.90. The highest BCUT2D eigenvalue weighted by Crippen LogP contribution is 2.19. The molecule has 0 aliphatic carbocycles. The summed E-state index contributed by atoms with van der Waals surface area (Å²) in [6.07, 6.45) is 3.34. The molecule has 0 aromatic heterocycles. The predicted molar refractivity (Wildman–Crippen MR) is 56.5 cm³/mol. The van der Waals surface area contributed by atoms with E-state index in [4.69, 9.17) is 16.3 Å². The molecule has 1 heterocycles. The SMILES string of the molecule is COCCC1CCCN(C(=O)CCl)C1. The molecule has 1 aliphatic rings. The van der Waals surface area contributed by atoms with E-state index in [1.807, 2.05) is 4.90 Å². The van der Waals surface area contributed by atoms with Gasteiger partial charge in [0, 0.05) is 26.8 Å². The topological polar surface area (TPSA) is 29.5 Å². The average Bonchev–Trinajstić information content (AvgIpc) is 2.25. The van der Waals surface area contributed by atoms with Crippen molar-refractivity contribution in [3.63, 3.8) is 0 Å². The molecule has 1 rings (SSSR count). The Kier molecular flexibility index (Phi) is 5.26. The Balaban J connectivity index is 2.31. The van der Waals surface area contributed by atoms with Crippen LogP contribution in [0, 0.1) is 5.92 Å². The van der Waals surface area contributed by atoms with E-state index in [-0.39, 0.29) is 11.8 Å². The lowest BCUT2D eigenvalue weighted by Gasteiger charge is -2.32. The summed E-state index contributed by atoms with van der Waals surface area (Å²) < 4.78 is 5.04. The number of piperidine rings is 1. The van der Waals surface area contributed by atoms with Gasteiger partial charge in [-0.25, -0.2) is 0 Å². The van der Waals surface area contributed by atoms with Gasteiger partial charge in [-0.1, -0.05) is 0 Å². The van der Waals surface area contributed by atoms with Crippen molar-refractivity contribution in [3.05, 3.63) is 0 Å². The summed E-state index contributed by atoms with van der Waals surface area (Å²) in [7, 11) is 1.71. The Morgan fingerprint density at radius 1 is 1.64 bits per heavy atom. The van der Waals surface area contributed by atoms with Crippen LogP contribution in [-0.4, -0.2) is 43.5 Å². The first-order valence-electron chi connectivity index (χ1n) is 5.10. The van der Waals surface area contributed by atoms with Gasteiger partial charge in [0.2, 0.25) is 5.91 Å². The number of ether oxygens (including phenoxy) is 1. The van der Waals surface area contributed by atoms with Crippen LogP contribution in [0.4, 0.5) is 0 Å². The first-order chi connectivity index (χ1) is 6.77. The number of alkyl halides is 1. The van der Waals surface area contributed by atoms with Gasteiger partial charge < -0.3 is 9.64 Å². The molecule has 1 fully saturated rings. The van der Waals surface area contributed by atoms with Gasteiger partial charge in [-0.15, -0.1) is 11.6 Å². The minimum atomic E-state index is 0.0637. The second kappa shape index (κ2) is 6.25. The average molecular weight is 220 g/mol. The maximum Gasteiger partial charge on any atom is 0.237 e.